The van der Waals surface area contributed by atoms with Gasteiger partial charge in [0.1, 0.15) is 0 Å². The first-order valence-corrected chi connectivity index (χ1v) is 12.5. The highest BCUT2D eigenvalue weighted by atomic mass is 35.5. The standard InChI is InChI=1S/C22H40P.ClH/c1-5-9-15-21-16-13-14-17-22(21)23(18-10-6-2,19-11-7-3)20-12-8-4;/h13-14,16-17H,5-12,15,18-20H2,1-4H3;1H/q+1;/p-1. The monoisotopic (exact) mass is 370 g/mol. The Hall–Kier alpha value is -0.0600. The van der Waals surface area contributed by atoms with Crippen molar-refractivity contribution in [3.63, 3.8) is 0 Å². The Morgan fingerprint density at radius 1 is 0.667 bits per heavy atom. The van der Waals surface area contributed by atoms with Crippen molar-refractivity contribution in [2.45, 2.75) is 85.5 Å². The van der Waals surface area contributed by atoms with Crippen LogP contribution in [-0.4, -0.2) is 18.5 Å². The summed E-state index contributed by atoms with van der Waals surface area (Å²) in [6.45, 7) is 9.39. The Kier molecular flexibility index (Phi) is 14.1. The summed E-state index contributed by atoms with van der Waals surface area (Å²) >= 11 is 0. The highest BCUT2D eigenvalue weighted by molar-refractivity contribution is 7.83. The number of unbranched alkanes of at least 4 members (excludes halogenated alkanes) is 4. The minimum Gasteiger partial charge on any atom is -1.00 e. The van der Waals surface area contributed by atoms with Gasteiger partial charge in [0.25, 0.3) is 0 Å². The van der Waals surface area contributed by atoms with Gasteiger partial charge < -0.3 is 12.4 Å². The van der Waals surface area contributed by atoms with Gasteiger partial charge in [0, 0.05) is 7.26 Å². The molecule has 0 unspecified atom stereocenters. The largest absolute Gasteiger partial charge is 1.00 e. The molecule has 1 aromatic rings. The molecule has 24 heavy (non-hydrogen) atoms. The molecule has 0 nitrogen and oxygen atoms in total. The van der Waals surface area contributed by atoms with Crippen LogP contribution in [0.15, 0.2) is 24.3 Å². The van der Waals surface area contributed by atoms with Crippen LogP contribution in [-0.2, 0) is 6.42 Å². The van der Waals surface area contributed by atoms with Gasteiger partial charge in [-0.05, 0) is 43.7 Å². The summed E-state index contributed by atoms with van der Waals surface area (Å²) in [5, 5.41) is 1.81. The maximum Gasteiger partial charge on any atom is 0.0971 e. The summed E-state index contributed by atoms with van der Waals surface area (Å²) in [6, 6.07) is 9.52. The van der Waals surface area contributed by atoms with Gasteiger partial charge >= 0.3 is 0 Å². The van der Waals surface area contributed by atoms with Crippen molar-refractivity contribution in [3.8, 4) is 0 Å². The minimum absolute atomic E-state index is 0. The molecule has 0 heterocycles. The van der Waals surface area contributed by atoms with Crippen molar-refractivity contribution in [3.05, 3.63) is 29.8 Å². The van der Waals surface area contributed by atoms with Gasteiger partial charge in [-0.2, -0.15) is 0 Å². The van der Waals surface area contributed by atoms with E-state index in [1.807, 2.05) is 5.30 Å². The molecule has 0 fully saturated rings. The molecule has 0 atom stereocenters. The van der Waals surface area contributed by atoms with Gasteiger partial charge in [0.2, 0.25) is 0 Å². The zero-order chi connectivity index (χ0) is 17.0. The van der Waals surface area contributed by atoms with Gasteiger partial charge in [-0.15, -0.1) is 0 Å². The second-order valence-corrected chi connectivity index (χ2v) is 11.2. The lowest BCUT2D eigenvalue weighted by molar-refractivity contribution is -0.00000512. The van der Waals surface area contributed by atoms with Gasteiger partial charge in [0.15, 0.2) is 0 Å². The van der Waals surface area contributed by atoms with E-state index in [0.717, 1.165) is 0 Å². The first-order chi connectivity index (χ1) is 11.2. The lowest BCUT2D eigenvalue weighted by atomic mass is 10.1. The summed E-state index contributed by atoms with van der Waals surface area (Å²) in [6.07, 6.45) is 16.7. The number of benzene rings is 1. The van der Waals surface area contributed by atoms with E-state index in [9.17, 15) is 0 Å². The number of rotatable bonds is 13. The maximum absolute atomic E-state index is 2.51. The number of hydrogen-bond acceptors (Lipinski definition) is 0. The van der Waals surface area contributed by atoms with Crippen LogP contribution < -0.4 is 17.7 Å². The van der Waals surface area contributed by atoms with E-state index in [0.29, 0.717) is 0 Å². The van der Waals surface area contributed by atoms with Crippen LogP contribution in [0.3, 0.4) is 0 Å². The van der Waals surface area contributed by atoms with E-state index in [4.69, 9.17) is 0 Å². The van der Waals surface area contributed by atoms with Crippen molar-refractivity contribution in [1.82, 2.24) is 0 Å². The zero-order valence-electron chi connectivity index (χ0n) is 16.6. The second-order valence-electron chi connectivity index (χ2n) is 7.11. The van der Waals surface area contributed by atoms with E-state index < -0.39 is 7.26 Å². The predicted molar refractivity (Wildman–Crippen MR) is 111 cm³/mol. The summed E-state index contributed by atoms with van der Waals surface area (Å²) < 4.78 is 0. The van der Waals surface area contributed by atoms with Crippen LogP contribution in [0.2, 0.25) is 0 Å². The van der Waals surface area contributed by atoms with Crippen LogP contribution in [0, 0.1) is 0 Å². The lowest BCUT2D eigenvalue weighted by Crippen LogP contribution is -3.00. The summed E-state index contributed by atoms with van der Waals surface area (Å²) in [7, 11) is -0.976. The minimum atomic E-state index is -0.976. The fourth-order valence-electron chi connectivity index (χ4n) is 3.63. The molecule has 1 rings (SSSR count). The molecular weight excluding hydrogens is 331 g/mol. The molecule has 0 bridgehead atoms. The van der Waals surface area contributed by atoms with Gasteiger partial charge in [-0.1, -0.05) is 71.6 Å². The maximum atomic E-state index is 2.51. The molecular formula is C22H40ClP. The molecule has 1 aromatic carbocycles. The average Bonchev–Trinajstić information content (AvgIpc) is 2.60. The van der Waals surface area contributed by atoms with E-state index in [-0.39, 0.29) is 12.4 Å². The Morgan fingerprint density at radius 2 is 1.12 bits per heavy atom. The third kappa shape index (κ3) is 7.45. The van der Waals surface area contributed by atoms with Gasteiger partial charge in [-0.25, -0.2) is 0 Å². The molecule has 0 saturated heterocycles. The van der Waals surface area contributed by atoms with Crippen LogP contribution in [0.4, 0.5) is 0 Å². The van der Waals surface area contributed by atoms with Crippen molar-refractivity contribution >= 4 is 12.6 Å². The molecule has 2 heteroatoms. The molecule has 0 amide bonds. The molecule has 0 aliphatic rings. The Balaban J connectivity index is 0.00000529. The normalized spacial score (nSPS) is 11.3. The molecule has 0 spiro atoms. The third-order valence-electron chi connectivity index (χ3n) is 5.12. The van der Waals surface area contributed by atoms with Crippen molar-refractivity contribution in [1.29, 1.82) is 0 Å². The van der Waals surface area contributed by atoms with Crippen molar-refractivity contribution < 1.29 is 12.4 Å². The van der Waals surface area contributed by atoms with Crippen molar-refractivity contribution in [2.24, 2.45) is 0 Å². The van der Waals surface area contributed by atoms with Crippen LogP contribution in [0.1, 0.15) is 84.6 Å². The highest BCUT2D eigenvalue weighted by Crippen LogP contribution is 2.60. The topological polar surface area (TPSA) is 0 Å². The van der Waals surface area contributed by atoms with Crippen LogP contribution in [0.25, 0.3) is 0 Å². The number of hydrogen-bond donors (Lipinski definition) is 0. The fourth-order valence-corrected chi connectivity index (χ4v) is 8.99. The Labute approximate surface area is 159 Å². The SMILES string of the molecule is CCCCc1ccccc1[P+](CCCC)(CCCC)CCCC.[Cl-]. The molecule has 0 aliphatic carbocycles. The highest BCUT2D eigenvalue weighted by Gasteiger charge is 2.39. The fraction of sp³-hybridized carbons (Fsp3) is 0.727. The van der Waals surface area contributed by atoms with Gasteiger partial charge in [-0.3, -0.25) is 0 Å². The molecule has 0 aromatic heterocycles. The molecule has 0 saturated carbocycles. The number of aryl methyl sites for hydroxylation is 1. The number of halogens is 1. The molecule has 140 valence electrons. The van der Waals surface area contributed by atoms with Crippen LogP contribution in [0.5, 0.6) is 0 Å². The first-order valence-electron chi connectivity index (χ1n) is 10.2. The first kappa shape index (κ1) is 23.9. The van der Waals surface area contributed by atoms with E-state index in [2.05, 4.69) is 52.0 Å². The zero-order valence-corrected chi connectivity index (χ0v) is 18.3. The van der Waals surface area contributed by atoms with Crippen molar-refractivity contribution in [2.75, 3.05) is 18.5 Å². The summed E-state index contributed by atoms with van der Waals surface area (Å²) in [5.41, 5.74) is 1.69. The Bertz CT molecular complexity index is 394. The molecule has 0 radical (unpaired) electrons. The predicted octanol–water partition coefficient (Wildman–Crippen LogP) is 4.08. The van der Waals surface area contributed by atoms with E-state index in [1.165, 1.54) is 76.3 Å². The van der Waals surface area contributed by atoms with E-state index >= 15 is 0 Å². The Morgan fingerprint density at radius 3 is 1.58 bits per heavy atom. The summed E-state index contributed by atoms with van der Waals surface area (Å²) in [5.74, 6) is 0. The lowest BCUT2D eigenvalue weighted by Gasteiger charge is -2.29. The van der Waals surface area contributed by atoms with E-state index in [1.54, 1.807) is 5.56 Å². The second kappa shape index (κ2) is 14.1. The quantitative estimate of drug-likeness (QED) is 0.459. The molecule has 0 aliphatic heterocycles. The summed E-state index contributed by atoms with van der Waals surface area (Å²) in [4.78, 5) is 0. The van der Waals surface area contributed by atoms with Gasteiger partial charge in [0.05, 0.1) is 23.8 Å². The smallest absolute Gasteiger partial charge is 0.0971 e. The third-order valence-corrected chi connectivity index (χ3v) is 10.1. The average molecular weight is 371 g/mol. The van der Waals surface area contributed by atoms with Crippen LogP contribution >= 0.6 is 7.26 Å². The molecule has 0 N–H and O–H groups in total.